The third-order valence-corrected chi connectivity index (χ3v) is 2.99. The molecule has 0 radical (unpaired) electrons. The first kappa shape index (κ1) is 16.6. The van der Waals surface area contributed by atoms with Crippen LogP contribution >= 0.6 is 0 Å². The van der Waals surface area contributed by atoms with Crippen molar-refractivity contribution in [3.8, 4) is 0 Å². The Labute approximate surface area is 137 Å². The number of nitrogens with zero attached hydrogens (tertiary/aromatic N) is 6. The Morgan fingerprint density at radius 2 is 1.12 bits per heavy atom. The van der Waals surface area contributed by atoms with Gasteiger partial charge in [-0.25, -0.2) is 0 Å². The van der Waals surface area contributed by atoms with Crippen molar-refractivity contribution in [2.24, 2.45) is 10.2 Å². The van der Waals surface area contributed by atoms with Crippen LogP contribution in [0.15, 0.2) is 70.9 Å². The van der Waals surface area contributed by atoms with Gasteiger partial charge in [0.15, 0.2) is 5.78 Å². The average Bonchev–Trinajstić information content (AvgIpc) is 2.61. The van der Waals surface area contributed by atoms with Crippen LogP contribution in [-0.2, 0) is 4.79 Å². The van der Waals surface area contributed by atoms with Crippen molar-refractivity contribution in [1.82, 2.24) is 0 Å². The second-order valence-corrected chi connectivity index (χ2v) is 4.63. The zero-order valence-corrected chi connectivity index (χ0v) is 12.5. The summed E-state index contributed by atoms with van der Waals surface area (Å²) in [6.45, 7) is 0. The highest BCUT2D eigenvalue weighted by molar-refractivity contribution is 6.04. The quantitative estimate of drug-likeness (QED) is 0.282. The van der Waals surface area contributed by atoms with Gasteiger partial charge in [-0.1, -0.05) is 70.9 Å². The van der Waals surface area contributed by atoms with Crippen LogP contribution < -0.4 is 0 Å². The van der Waals surface area contributed by atoms with Crippen molar-refractivity contribution < 1.29 is 4.79 Å². The normalized spacial score (nSPS) is 10.3. The summed E-state index contributed by atoms with van der Waals surface area (Å²) in [5, 5.41) is 6.95. The van der Waals surface area contributed by atoms with E-state index < -0.39 is 0 Å². The van der Waals surface area contributed by atoms with Crippen molar-refractivity contribution >= 4 is 29.3 Å². The Bertz CT molecular complexity index is 795. The molecule has 0 N–H and O–H groups in total. The number of rotatable bonds is 6. The molecule has 0 fully saturated rings. The fourth-order valence-corrected chi connectivity index (χ4v) is 1.82. The van der Waals surface area contributed by atoms with E-state index in [0.29, 0.717) is 11.4 Å². The van der Waals surface area contributed by atoms with Gasteiger partial charge in [-0.3, -0.25) is 4.79 Å². The van der Waals surface area contributed by atoms with E-state index in [4.69, 9.17) is 11.1 Å². The van der Waals surface area contributed by atoms with Crippen molar-refractivity contribution in [1.29, 1.82) is 0 Å². The number of hydrogen-bond donors (Lipinski definition) is 0. The van der Waals surface area contributed by atoms with Crippen molar-refractivity contribution in [3.05, 3.63) is 92.7 Å². The molecule has 0 aliphatic rings. The predicted octanol–water partition coefficient (Wildman–Crippen LogP) is 5.87. The van der Waals surface area contributed by atoms with E-state index >= 15 is 0 Å². The van der Waals surface area contributed by atoms with Gasteiger partial charge in [0.1, 0.15) is 0 Å². The van der Waals surface area contributed by atoms with E-state index in [1.54, 1.807) is 60.7 Å². The predicted molar refractivity (Wildman–Crippen MR) is 93.6 cm³/mol. The summed E-state index contributed by atoms with van der Waals surface area (Å²) in [4.78, 5) is 17.2. The van der Waals surface area contributed by atoms with Gasteiger partial charge in [-0.05, 0) is 34.3 Å². The zero-order valence-electron chi connectivity index (χ0n) is 12.5. The molecule has 2 aromatic rings. The molecule has 0 amide bonds. The van der Waals surface area contributed by atoms with Gasteiger partial charge in [0.2, 0.25) is 0 Å². The van der Waals surface area contributed by atoms with Crippen LogP contribution in [0, 0.1) is 0 Å². The minimum absolute atomic E-state index is 0.159. The fourth-order valence-electron chi connectivity index (χ4n) is 1.82. The van der Waals surface area contributed by atoms with Crippen molar-refractivity contribution in [2.75, 3.05) is 0 Å². The van der Waals surface area contributed by atoms with Crippen LogP contribution in [0.1, 0.15) is 11.1 Å². The van der Waals surface area contributed by atoms with Crippen LogP contribution in [0.2, 0.25) is 0 Å². The number of carbonyl (C=O) groups is 1. The van der Waals surface area contributed by atoms with Gasteiger partial charge in [-0.15, -0.1) is 0 Å². The summed E-state index contributed by atoms with van der Waals surface area (Å²) in [6.07, 6.45) is 6.26. The fraction of sp³-hybridized carbons (Fsp3) is 0. The first-order valence-corrected chi connectivity index (χ1v) is 6.92. The summed E-state index contributed by atoms with van der Waals surface area (Å²) in [7, 11) is 0. The van der Waals surface area contributed by atoms with Crippen LogP contribution in [0.3, 0.4) is 0 Å². The van der Waals surface area contributed by atoms with Crippen LogP contribution in [0.4, 0.5) is 11.4 Å². The van der Waals surface area contributed by atoms with Gasteiger partial charge in [-0.2, -0.15) is 0 Å². The maximum atomic E-state index is 11.8. The Balaban J connectivity index is 1.98. The smallest absolute Gasteiger partial charge is 0.178 e. The number of azide groups is 2. The molecule has 7 heteroatoms. The molecule has 0 aromatic heterocycles. The summed E-state index contributed by atoms with van der Waals surface area (Å²) >= 11 is 0. The Hall–Kier alpha value is -3.79. The second-order valence-electron chi connectivity index (χ2n) is 4.63. The lowest BCUT2D eigenvalue weighted by Gasteiger charge is -1.95. The van der Waals surface area contributed by atoms with Crippen molar-refractivity contribution in [3.63, 3.8) is 0 Å². The topological polar surface area (TPSA) is 115 Å². The summed E-state index contributed by atoms with van der Waals surface area (Å²) in [5.41, 5.74) is 19.4. The van der Waals surface area contributed by atoms with Crippen molar-refractivity contribution in [2.45, 2.75) is 0 Å². The van der Waals surface area contributed by atoms with E-state index in [2.05, 4.69) is 20.1 Å². The molecule has 0 unspecified atom stereocenters. The molecule has 0 atom stereocenters. The van der Waals surface area contributed by atoms with Crippen LogP contribution in [0.5, 0.6) is 0 Å². The van der Waals surface area contributed by atoms with Gasteiger partial charge >= 0.3 is 0 Å². The molecule has 0 aliphatic heterocycles. The summed E-state index contributed by atoms with van der Waals surface area (Å²) in [5.74, 6) is -0.159. The number of allylic oxidation sites excluding steroid dienone is 2. The average molecular weight is 316 g/mol. The summed E-state index contributed by atoms with van der Waals surface area (Å²) in [6, 6.07) is 13.7. The Morgan fingerprint density at radius 1 is 0.750 bits per heavy atom. The highest BCUT2D eigenvalue weighted by Gasteiger charge is 1.93. The van der Waals surface area contributed by atoms with E-state index in [-0.39, 0.29) is 5.78 Å². The lowest BCUT2D eigenvalue weighted by Crippen LogP contribution is -1.84. The van der Waals surface area contributed by atoms with E-state index in [9.17, 15) is 4.79 Å². The van der Waals surface area contributed by atoms with Gasteiger partial charge in [0, 0.05) is 21.2 Å². The maximum absolute atomic E-state index is 11.8. The molecule has 2 rings (SSSR count). The molecule has 0 bridgehead atoms. The maximum Gasteiger partial charge on any atom is 0.178 e. The van der Waals surface area contributed by atoms with Crippen LogP contribution in [0.25, 0.3) is 33.0 Å². The number of benzene rings is 2. The number of ketones is 1. The first-order chi connectivity index (χ1) is 11.7. The SMILES string of the molecule is [N-]=[N+]=Nc1ccc(C=CC(=O)C=Cc2ccc(N=[N+]=[N-])cc2)cc1. The number of carbonyl (C=O) groups excluding carboxylic acids is 1. The second kappa shape index (κ2) is 8.60. The molecular formula is C17H12N6O. The molecule has 0 heterocycles. The standard InChI is InChI=1S/C17H12N6O/c18-22-20-15-7-1-13(2-8-15)5-11-17(24)12-6-14-3-9-16(10-4-14)21-23-19/h1-12H. The minimum Gasteiger partial charge on any atom is -0.290 e. The number of hydrogen-bond acceptors (Lipinski definition) is 3. The van der Waals surface area contributed by atoms with Crippen LogP contribution in [-0.4, -0.2) is 5.78 Å². The zero-order chi connectivity index (χ0) is 17.2. The summed E-state index contributed by atoms with van der Waals surface area (Å²) < 4.78 is 0. The molecule has 0 saturated carbocycles. The third-order valence-electron chi connectivity index (χ3n) is 2.99. The molecule has 24 heavy (non-hydrogen) atoms. The molecule has 0 saturated heterocycles. The highest BCUT2D eigenvalue weighted by Crippen LogP contribution is 2.15. The molecule has 2 aromatic carbocycles. The minimum atomic E-state index is -0.159. The molecule has 0 aliphatic carbocycles. The molecule has 116 valence electrons. The monoisotopic (exact) mass is 316 g/mol. The molecule has 7 nitrogen and oxygen atoms in total. The van der Waals surface area contributed by atoms with Gasteiger partial charge in [0.05, 0.1) is 0 Å². The lowest BCUT2D eigenvalue weighted by atomic mass is 10.1. The van der Waals surface area contributed by atoms with Gasteiger partial charge < -0.3 is 0 Å². The van der Waals surface area contributed by atoms with Gasteiger partial charge in [0.25, 0.3) is 0 Å². The lowest BCUT2D eigenvalue weighted by molar-refractivity contribution is -0.110. The van der Waals surface area contributed by atoms with E-state index in [1.165, 1.54) is 12.2 Å². The third kappa shape index (κ3) is 5.20. The van der Waals surface area contributed by atoms with E-state index in [0.717, 1.165) is 11.1 Å². The largest absolute Gasteiger partial charge is 0.290 e. The Kier molecular flexibility index (Phi) is 5.94. The van der Waals surface area contributed by atoms with E-state index in [1.807, 2.05) is 0 Å². The Morgan fingerprint density at radius 3 is 1.46 bits per heavy atom. The molecular weight excluding hydrogens is 304 g/mol. The first-order valence-electron chi connectivity index (χ1n) is 6.92. The highest BCUT2D eigenvalue weighted by atomic mass is 16.1. The molecule has 0 spiro atoms.